The summed E-state index contributed by atoms with van der Waals surface area (Å²) in [4.78, 5) is 21.0. The molecule has 1 aliphatic rings. The Labute approximate surface area is 195 Å². The Kier molecular flexibility index (Phi) is 5.71. The molecule has 8 heteroatoms. The van der Waals surface area contributed by atoms with E-state index in [2.05, 4.69) is 15.3 Å². The maximum Gasteiger partial charge on any atom is 0.287 e. The lowest BCUT2D eigenvalue weighted by atomic mass is 10.0. The van der Waals surface area contributed by atoms with Gasteiger partial charge in [0.1, 0.15) is 23.4 Å². The van der Waals surface area contributed by atoms with Gasteiger partial charge in [-0.15, -0.1) is 0 Å². The number of furan rings is 1. The van der Waals surface area contributed by atoms with Crippen LogP contribution in [0.5, 0.6) is 11.5 Å². The van der Waals surface area contributed by atoms with Gasteiger partial charge in [0.15, 0.2) is 5.76 Å². The number of hydrogen-bond donors (Lipinski definition) is 1. The molecule has 33 heavy (non-hydrogen) atoms. The number of benzene rings is 2. The Morgan fingerprint density at radius 3 is 2.76 bits per heavy atom. The molecular formula is C25H20ClN3O4. The highest BCUT2D eigenvalue weighted by Crippen LogP contribution is 2.39. The molecule has 0 saturated heterocycles. The summed E-state index contributed by atoms with van der Waals surface area (Å²) in [5.74, 6) is 1.93. The van der Waals surface area contributed by atoms with E-state index in [1.807, 2.05) is 36.4 Å². The quantitative estimate of drug-likeness (QED) is 0.444. The number of halogens is 1. The van der Waals surface area contributed by atoms with Gasteiger partial charge in [0.05, 0.1) is 30.6 Å². The van der Waals surface area contributed by atoms with Gasteiger partial charge in [-0.1, -0.05) is 11.6 Å². The number of carbonyl (C=O) groups is 1. The number of carbonyl (C=O) groups excluding carboxylic acids is 1. The fourth-order valence-corrected chi connectivity index (χ4v) is 4.04. The lowest BCUT2D eigenvalue weighted by Crippen LogP contribution is -2.34. The van der Waals surface area contributed by atoms with Crippen LogP contribution in [-0.2, 0) is 6.42 Å². The minimum Gasteiger partial charge on any atom is -0.497 e. The molecule has 0 aliphatic carbocycles. The molecule has 7 nitrogen and oxygen atoms in total. The van der Waals surface area contributed by atoms with Crippen molar-refractivity contribution < 1.29 is 18.7 Å². The Morgan fingerprint density at radius 1 is 1.15 bits per heavy atom. The highest BCUT2D eigenvalue weighted by Gasteiger charge is 2.27. The van der Waals surface area contributed by atoms with E-state index in [1.165, 1.54) is 0 Å². The fraction of sp³-hybridized carbons (Fsp3) is 0.160. The van der Waals surface area contributed by atoms with E-state index in [9.17, 15) is 4.79 Å². The van der Waals surface area contributed by atoms with Crippen molar-refractivity contribution in [3.8, 4) is 34.1 Å². The highest BCUT2D eigenvalue weighted by atomic mass is 35.5. The predicted octanol–water partition coefficient (Wildman–Crippen LogP) is 4.80. The zero-order valence-electron chi connectivity index (χ0n) is 17.7. The molecule has 0 radical (unpaired) electrons. The average Bonchev–Trinajstić information content (AvgIpc) is 3.51. The largest absolute Gasteiger partial charge is 0.497 e. The van der Waals surface area contributed by atoms with Crippen LogP contribution in [0.25, 0.3) is 22.6 Å². The Morgan fingerprint density at radius 2 is 2.00 bits per heavy atom. The zero-order valence-corrected chi connectivity index (χ0v) is 18.5. The number of ether oxygens (including phenoxy) is 2. The van der Waals surface area contributed by atoms with Crippen molar-refractivity contribution in [1.29, 1.82) is 0 Å². The van der Waals surface area contributed by atoms with Gasteiger partial charge in [-0.2, -0.15) is 0 Å². The summed E-state index contributed by atoms with van der Waals surface area (Å²) in [5, 5.41) is 3.39. The molecule has 0 saturated carbocycles. The first-order valence-electron chi connectivity index (χ1n) is 10.4. The third-order valence-corrected chi connectivity index (χ3v) is 5.69. The van der Waals surface area contributed by atoms with Crippen molar-refractivity contribution in [2.75, 3.05) is 13.7 Å². The van der Waals surface area contributed by atoms with Crippen LogP contribution in [-0.4, -0.2) is 35.6 Å². The molecule has 1 amide bonds. The third kappa shape index (κ3) is 4.40. The minimum absolute atomic E-state index is 0.227. The molecule has 2 aromatic heterocycles. The van der Waals surface area contributed by atoms with E-state index in [1.54, 1.807) is 37.8 Å². The van der Waals surface area contributed by atoms with Gasteiger partial charge in [-0.05, 0) is 48.5 Å². The van der Waals surface area contributed by atoms with Crippen molar-refractivity contribution in [1.82, 2.24) is 15.3 Å². The van der Waals surface area contributed by atoms with Gasteiger partial charge >= 0.3 is 0 Å². The second-order valence-corrected chi connectivity index (χ2v) is 7.99. The number of aromatic nitrogens is 2. The molecule has 4 aromatic rings. The molecule has 0 fully saturated rings. The molecule has 3 heterocycles. The van der Waals surface area contributed by atoms with Gasteiger partial charge in [0.25, 0.3) is 5.91 Å². The number of nitrogens with one attached hydrogen (secondary N) is 1. The standard InChI is InChI=1S/C25H20ClN3O4/c1-31-18-4-2-15(3-5-18)22-6-7-23(33-22)25(30)29-13-19-11-17-10-16(12-20(26)24(17)32-19)21-14-27-8-9-28-21/h2-10,12,14,19H,11,13H2,1H3,(H,29,30). The van der Waals surface area contributed by atoms with Crippen LogP contribution in [0.15, 0.2) is 71.5 Å². The van der Waals surface area contributed by atoms with E-state index in [0.717, 1.165) is 28.1 Å². The van der Waals surface area contributed by atoms with E-state index in [-0.39, 0.29) is 17.8 Å². The molecule has 5 rings (SSSR count). The maximum absolute atomic E-state index is 12.6. The van der Waals surface area contributed by atoms with Crippen molar-refractivity contribution in [3.63, 3.8) is 0 Å². The van der Waals surface area contributed by atoms with Crippen LogP contribution in [0.1, 0.15) is 16.1 Å². The van der Waals surface area contributed by atoms with Crippen LogP contribution in [0, 0.1) is 0 Å². The van der Waals surface area contributed by atoms with Crippen molar-refractivity contribution in [2.45, 2.75) is 12.5 Å². The summed E-state index contributed by atoms with van der Waals surface area (Å²) in [6, 6.07) is 14.7. The number of hydrogen-bond acceptors (Lipinski definition) is 6. The van der Waals surface area contributed by atoms with Crippen molar-refractivity contribution >= 4 is 17.5 Å². The van der Waals surface area contributed by atoms with Gasteiger partial charge < -0.3 is 19.2 Å². The fourth-order valence-electron chi connectivity index (χ4n) is 3.76. The maximum atomic E-state index is 12.6. The van der Waals surface area contributed by atoms with E-state index < -0.39 is 0 Å². The van der Waals surface area contributed by atoms with E-state index in [4.69, 9.17) is 25.5 Å². The van der Waals surface area contributed by atoms with Crippen LogP contribution in [0.2, 0.25) is 5.02 Å². The van der Waals surface area contributed by atoms with Crippen LogP contribution in [0.4, 0.5) is 0 Å². The smallest absolute Gasteiger partial charge is 0.287 e. The SMILES string of the molecule is COc1ccc(-c2ccc(C(=O)NCC3Cc4cc(-c5cnccn5)cc(Cl)c4O3)o2)cc1. The zero-order chi connectivity index (χ0) is 22.8. The topological polar surface area (TPSA) is 86.5 Å². The first-order chi connectivity index (χ1) is 16.1. The van der Waals surface area contributed by atoms with Crippen molar-refractivity contribution in [2.24, 2.45) is 0 Å². The molecule has 1 atom stereocenters. The lowest BCUT2D eigenvalue weighted by Gasteiger charge is -2.11. The summed E-state index contributed by atoms with van der Waals surface area (Å²) >= 11 is 6.45. The Bertz CT molecular complexity index is 1290. The number of rotatable bonds is 6. The van der Waals surface area contributed by atoms with Gasteiger partial charge in [0.2, 0.25) is 0 Å². The second-order valence-electron chi connectivity index (χ2n) is 7.58. The molecule has 0 bridgehead atoms. The molecule has 1 N–H and O–H groups in total. The summed E-state index contributed by atoms with van der Waals surface area (Å²) in [6.07, 6.45) is 5.35. The number of methoxy groups -OCH3 is 1. The predicted molar refractivity (Wildman–Crippen MR) is 124 cm³/mol. The molecule has 166 valence electrons. The van der Waals surface area contributed by atoms with Crippen molar-refractivity contribution in [3.05, 3.63) is 83.5 Å². The minimum atomic E-state index is -0.305. The highest BCUT2D eigenvalue weighted by molar-refractivity contribution is 6.32. The number of nitrogens with zero attached hydrogens (tertiary/aromatic N) is 2. The monoisotopic (exact) mass is 461 g/mol. The van der Waals surface area contributed by atoms with Crippen LogP contribution in [0.3, 0.4) is 0 Å². The molecule has 1 aliphatic heterocycles. The number of amides is 1. The van der Waals surface area contributed by atoms with Gasteiger partial charge in [-0.3, -0.25) is 14.8 Å². The molecule has 1 unspecified atom stereocenters. The van der Waals surface area contributed by atoms with E-state index in [0.29, 0.717) is 29.5 Å². The van der Waals surface area contributed by atoms with E-state index >= 15 is 0 Å². The summed E-state index contributed by atoms with van der Waals surface area (Å²) in [5.41, 5.74) is 3.45. The molecule has 2 aromatic carbocycles. The first-order valence-corrected chi connectivity index (χ1v) is 10.8. The number of fused-ring (bicyclic) bond motifs is 1. The van der Waals surface area contributed by atoms with Crippen LogP contribution < -0.4 is 14.8 Å². The summed E-state index contributed by atoms with van der Waals surface area (Å²) in [6.45, 7) is 0.322. The van der Waals surface area contributed by atoms with Crippen LogP contribution >= 0.6 is 11.6 Å². The Hall–Kier alpha value is -3.84. The van der Waals surface area contributed by atoms with Gasteiger partial charge in [-0.25, -0.2) is 0 Å². The molecular weight excluding hydrogens is 442 g/mol. The summed E-state index contributed by atoms with van der Waals surface area (Å²) < 4.78 is 16.9. The molecule has 0 spiro atoms. The lowest BCUT2D eigenvalue weighted by molar-refractivity contribution is 0.0906. The second kappa shape index (κ2) is 8.96. The average molecular weight is 462 g/mol. The van der Waals surface area contributed by atoms with Gasteiger partial charge in [0, 0.05) is 35.5 Å². The Balaban J connectivity index is 1.22. The summed E-state index contributed by atoms with van der Waals surface area (Å²) in [7, 11) is 1.61. The normalized spacial score (nSPS) is 14.4. The third-order valence-electron chi connectivity index (χ3n) is 5.41. The first kappa shape index (κ1) is 21.0.